The molecule has 0 radical (unpaired) electrons. The molecule has 4 nitrogen and oxygen atoms in total. The average molecular weight is 236 g/mol. The Labute approximate surface area is 103 Å². The van der Waals surface area contributed by atoms with Crippen molar-refractivity contribution >= 4 is 11.5 Å². The highest BCUT2D eigenvalue weighted by atomic mass is 16.5. The van der Waals surface area contributed by atoms with Gasteiger partial charge in [0.2, 0.25) is 0 Å². The van der Waals surface area contributed by atoms with Gasteiger partial charge in [-0.15, -0.1) is 0 Å². The van der Waals surface area contributed by atoms with E-state index in [1.807, 2.05) is 34.0 Å². The first-order valence-electron chi connectivity index (χ1n) is 5.52. The standard InChI is InChI=1S/C11H14N2O2.C2H6/c1-13(2)8-10(11(14)15-3)9-5-4-6-12-7-9;1-2/h4-8H,1-3H3;1-2H3. The predicted molar refractivity (Wildman–Crippen MR) is 69.3 cm³/mol. The molecule has 0 aliphatic carbocycles. The van der Waals surface area contributed by atoms with Gasteiger partial charge < -0.3 is 9.64 Å². The van der Waals surface area contributed by atoms with Crippen molar-refractivity contribution in [1.29, 1.82) is 0 Å². The topological polar surface area (TPSA) is 42.4 Å². The van der Waals surface area contributed by atoms with Crippen LogP contribution in [0.15, 0.2) is 30.7 Å². The maximum Gasteiger partial charge on any atom is 0.340 e. The van der Waals surface area contributed by atoms with Gasteiger partial charge in [-0.05, 0) is 6.07 Å². The summed E-state index contributed by atoms with van der Waals surface area (Å²) in [5.41, 5.74) is 1.24. The lowest BCUT2D eigenvalue weighted by Crippen LogP contribution is -2.10. The highest BCUT2D eigenvalue weighted by molar-refractivity contribution is 6.16. The minimum absolute atomic E-state index is 0.364. The summed E-state index contributed by atoms with van der Waals surface area (Å²) in [4.78, 5) is 17.3. The molecule has 0 aromatic carbocycles. The molecule has 17 heavy (non-hydrogen) atoms. The van der Waals surface area contributed by atoms with E-state index < -0.39 is 0 Å². The summed E-state index contributed by atoms with van der Waals surface area (Å²) in [5.74, 6) is -0.364. The Bertz CT molecular complexity index is 359. The molecule has 1 aromatic rings. The van der Waals surface area contributed by atoms with Gasteiger partial charge in [-0.3, -0.25) is 4.98 Å². The summed E-state index contributed by atoms with van der Waals surface area (Å²) in [5, 5.41) is 0. The van der Waals surface area contributed by atoms with E-state index in [4.69, 9.17) is 4.74 Å². The zero-order valence-electron chi connectivity index (χ0n) is 11.1. The largest absolute Gasteiger partial charge is 0.465 e. The zero-order valence-corrected chi connectivity index (χ0v) is 11.1. The number of carbonyl (C=O) groups is 1. The number of esters is 1. The summed E-state index contributed by atoms with van der Waals surface area (Å²) in [6.07, 6.45) is 5.00. The van der Waals surface area contributed by atoms with Crippen molar-refractivity contribution in [3.63, 3.8) is 0 Å². The van der Waals surface area contributed by atoms with Crippen LogP contribution in [0.4, 0.5) is 0 Å². The molecule has 94 valence electrons. The van der Waals surface area contributed by atoms with E-state index >= 15 is 0 Å². The smallest absolute Gasteiger partial charge is 0.340 e. The van der Waals surface area contributed by atoms with Crippen molar-refractivity contribution in [2.75, 3.05) is 21.2 Å². The van der Waals surface area contributed by atoms with Crippen LogP contribution in [0.25, 0.3) is 5.57 Å². The van der Waals surface area contributed by atoms with E-state index in [1.165, 1.54) is 7.11 Å². The van der Waals surface area contributed by atoms with Gasteiger partial charge in [-0.25, -0.2) is 4.79 Å². The molecule has 0 saturated heterocycles. The van der Waals surface area contributed by atoms with Crippen molar-refractivity contribution in [3.8, 4) is 0 Å². The number of pyridine rings is 1. The molecule has 0 bridgehead atoms. The number of ether oxygens (including phenoxy) is 1. The normalized spacial score (nSPS) is 10.1. The first-order chi connectivity index (χ1) is 8.15. The zero-order chi connectivity index (χ0) is 13.3. The molecule has 0 spiro atoms. The molecule has 0 saturated carbocycles. The molecule has 0 aliphatic heterocycles. The fraction of sp³-hybridized carbons (Fsp3) is 0.385. The van der Waals surface area contributed by atoms with Gasteiger partial charge in [0.1, 0.15) is 0 Å². The number of nitrogens with zero attached hydrogens (tertiary/aromatic N) is 2. The minimum Gasteiger partial charge on any atom is -0.465 e. The molecule has 1 rings (SSSR count). The van der Waals surface area contributed by atoms with Crippen molar-refractivity contribution < 1.29 is 9.53 Å². The maximum atomic E-state index is 11.5. The average Bonchev–Trinajstić information content (AvgIpc) is 2.38. The third-order valence-corrected chi connectivity index (χ3v) is 1.77. The van der Waals surface area contributed by atoms with Crippen LogP contribution in [0.2, 0.25) is 0 Å². The molecular formula is C13H20N2O2. The van der Waals surface area contributed by atoms with Crippen LogP contribution in [0.5, 0.6) is 0 Å². The molecule has 4 heteroatoms. The molecule has 0 amide bonds. The fourth-order valence-corrected chi connectivity index (χ4v) is 1.14. The van der Waals surface area contributed by atoms with E-state index in [-0.39, 0.29) is 5.97 Å². The van der Waals surface area contributed by atoms with Crippen molar-refractivity contribution in [2.24, 2.45) is 0 Å². The van der Waals surface area contributed by atoms with Gasteiger partial charge in [0.25, 0.3) is 0 Å². The molecular weight excluding hydrogens is 216 g/mol. The summed E-state index contributed by atoms with van der Waals surface area (Å²) >= 11 is 0. The molecule has 0 atom stereocenters. The van der Waals surface area contributed by atoms with Gasteiger partial charge in [0.05, 0.1) is 12.7 Å². The lowest BCUT2D eigenvalue weighted by molar-refractivity contribution is -0.133. The SMILES string of the molecule is CC.COC(=O)C(=CN(C)C)c1cccnc1. The molecule has 1 aromatic heterocycles. The van der Waals surface area contributed by atoms with Gasteiger partial charge >= 0.3 is 5.97 Å². The number of hydrogen-bond acceptors (Lipinski definition) is 4. The van der Waals surface area contributed by atoms with Crippen LogP contribution in [-0.4, -0.2) is 37.1 Å². The highest BCUT2D eigenvalue weighted by Crippen LogP contribution is 2.14. The Balaban J connectivity index is 0.00000121. The van der Waals surface area contributed by atoms with E-state index in [0.717, 1.165) is 5.56 Å². The van der Waals surface area contributed by atoms with Crippen LogP contribution in [-0.2, 0) is 9.53 Å². The van der Waals surface area contributed by atoms with E-state index in [1.54, 1.807) is 29.6 Å². The van der Waals surface area contributed by atoms with Gasteiger partial charge in [-0.2, -0.15) is 0 Å². The summed E-state index contributed by atoms with van der Waals surface area (Å²) in [7, 11) is 5.06. The van der Waals surface area contributed by atoms with Crippen molar-refractivity contribution in [2.45, 2.75) is 13.8 Å². The molecule has 0 aliphatic rings. The summed E-state index contributed by atoms with van der Waals surface area (Å²) in [6, 6.07) is 3.60. The monoisotopic (exact) mass is 236 g/mol. The van der Waals surface area contributed by atoms with Crippen molar-refractivity contribution in [1.82, 2.24) is 9.88 Å². The first kappa shape index (κ1) is 15.2. The lowest BCUT2D eigenvalue weighted by atomic mass is 10.1. The Kier molecular flexibility index (Phi) is 7.43. The van der Waals surface area contributed by atoms with E-state index in [0.29, 0.717) is 5.57 Å². The summed E-state index contributed by atoms with van der Waals surface area (Å²) in [6.45, 7) is 4.00. The second-order valence-corrected chi connectivity index (χ2v) is 3.24. The number of aromatic nitrogens is 1. The molecule has 0 N–H and O–H groups in total. The Morgan fingerprint density at radius 3 is 2.47 bits per heavy atom. The third-order valence-electron chi connectivity index (χ3n) is 1.77. The van der Waals surface area contributed by atoms with Gasteiger partial charge in [-0.1, -0.05) is 19.9 Å². The maximum absolute atomic E-state index is 11.5. The molecule has 0 unspecified atom stereocenters. The second kappa shape index (κ2) is 8.33. The van der Waals surface area contributed by atoms with Gasteiger partial charge in [0.15, 0.2) is 0 Å². The van der Waals surface area contributed by atoms with E-state index in [9.17, 15) is 4.79 Å². The molecule has 0 fully saturated rings. The van der Waals surface area contributed by atoms with Crippen LogP contribution >= 0.6 is 0 Å². The first-order valence-corrected chi connectivity index (χ1v) is 5.52. The van der Waals surface area contributed by atoms with Crippen LogP contribution in [0, 0.1) is 0 Å². The quantitative estimate of drug-likeness (QED) is 0.596. The van der Waals surface area contributed by atoms with Crippen LogP contribution < -0.4 is 0 Å². The van der Waals surface area contributed by atoms with Crippen LogP contribution in [0.1, 0.15) is 19.4 Å². The predicted octanol–water partition coefficient (Wildman–Crippen LogP) is 2.18. The minimum atomic E-state index is -0.364. The highest BCUT2D eigenvalue weighted by Gasteiger charge is 2.12. The number of methoxy groups -OCH3 is 1. The van der Waals surface area contributed by atoms with Crippen molar-refractivity contribution in [3.05, 3.63) is 36.3 Å². The fourth-order valence-electron chi connectivity index (χ4n) is 1.14. The number of carbonyl (C=O) groups excluding carboxylic acids is 1. The van der Waals surface area contributed by atoms with Crippen LogP contribution in [0.3, 0.4) is 0 Å². The van der Waals surface area contributed by atoms with Gasteiger partial charge in [0, 0.05) is 38.3 Å². The lowest BCUT2D eigenvalue weighted by Gasteiger charge is -2.10. The Morgan fingerprint density at radius 2 is 2.06 bits per heavy atom. The number of hydrogen-bond donors (Lipinski definition) is 0. The summed E-state index contributed by atoms with van der Waals surface area (Å²) < 4.78 is 4.71. The number of rotatable bonds is 3. The second-order valence-electron chi connectivity index (χ2n) is 3.24. The third kappa shape index (κ3) is 5.15. The molecule has 1 heterocycles. The Hall–Kier alpha value is -1.84. The Morgan fingerprint density at radius 1 is 1.41 bits per heavy atom. The van der Waals surface area contributed by atoms with E-state index in [2.05, 4.69) is 4.98 Å².